The average Bonchev–Trinajstić information content (AvgIpc) is 2.92. The summed E-state index contributed by atoms with van der Waals surface area (Å²) in [4.78, 5) is 15.9. The fourth-order valence-electron chi connectivity index (χ4n) is 2.92. The quantitative estimate of drug-likeness (QED) is 0.908. The van der Waals surface area contributed by atoms with Crippen molar-refractivity contribution in [2.24, 2.45) is 0 Å². The second-order valence-corrected chi connectivity index (χ2v) is 6.44. The van der Waals surface area contributed by atoms with Gasteiger partial charge < -0.3 is 10.2 Å². The molecule has 4 heteroatoms. The molecule has 3 nitrogen and oxygen atoms in total. The standard InChI is InChI=1S/C16H18N2OS/c1-11(2)18-15(19)12-7-4-5-8-13(12)17-16(18,3)14-9-6-10-20-14/h4-11,17H,1-3H3. The van der Waals surface area contributed by atoms with Gasteiger partial charge in [-0.05, 0) is 44.4 Å². The van der Waals surface area contributed by atoms with Gasteiger partial charge in [0.25, 0.3) is 5.91 Å². The van der Waals surface area contributed by atoms with E-state index < -0.39 is 5.66 Å². The topological polar surface area (TPSA) is 32.3 Å². The number of nitrogens with one attached hydrogen (secondary N) is 1. The highest BCUT2D eigenvalue weighted by atomic mass is 32.1. The molecule has 0 aliphatic carbocycles. The van der Waals surface area contributed by atoms with Gasteiger partial charge in [-0.25, -0.2) is 0 Å². The van der Waals surface area contributed by atoms with Crippen molar-refractivity contribution >= 4 is 22.9 Å². The molecule has 1 unspecified atom stereocenters. The molecule has 0 saturated heterocycles. The van der Waals surface area contributed by atoms with Crippen LogP contribution in [0.1, 0.15) is 36.0 Å². The van der Waals surface area contributed by atoms with Crippen LogP contribution in [0, 0.1) is 0 Å². The number of para-hydroxylation sites is 1. The molecule has 3 rings (SSSR count). The van der Waals surface area contributed by atoms with Crippen LogP contribution >= 0.6 is 11.3 Å². The average molecular weight is 286 g/mol. The number of carbonyl (C=O) groups excluding carboxylic acids is 1. The summed E-state index contributed by atoms with van der Waals surface area (Å²) in [6, 6.07) is 11.9. The molecule has 1 aromatic carbocycles. The van der Waals surface area contributed by atoms with Crippen LogP contribution in [0.5, 0.6) is 0 Å². The number of thiophene rings is 1. The van der Waals surface area contributed by atoms with Crippen LogP contribution in [0.25, 0.3) is 0 Å². The van der Waals surface area contributed by atoms with Crippen molar-refractivity contribution in [3.05, 3.63) is 52.2 Å². The van der Waals surface area contributed by atoms with Crippen molar-refractivity contribution in [2.45, 2.75) is 32.5 Å². The van der Waals surface area contributed by atoms with Crippen LogP contribution in [0.4, 0.5) is 5.69 Å². The molecule has 0 radical (unpaired) electrons. The number of benzene rings is 1. The smallest absolute Gasteiger partial charge is 0.258 e. The Bertz CT molecular complexity index is 636. The van der Waals surface area contributed by atoms with E-state index >= 15 is 0 Å². The lowest BCUT2D eigenvalue weighted by molar-refractivity contribution is 0.0442. The molecule has 1 N–H and O–H groups in total. The Morgan fingerprint density at radius 3 is 2.60 bits per heavy atom. The Morgan fingerprint density at radius 2 is 1.95 bits per heavy atom. The second-order valence-electron chi connectivity index (χ2n) is 5.49. The summed E-state index contributed by atoms with van der Waals surface area (Å²) in [6.07, 6.45) is 0. The fraction of sp³-hybridized carbons (Fsp3) is 0.312. The number of rotatable bonds is 2. The van der Waals surface area contributed by atoms with E-state index in [4.69, 9.17) is 0 Å². The van der Waals surface area contributed by atoms with Crippen LogP contribution < -0.4 is 5.32 Å². The third-order valence-electron chi connectivity index (χ3n) is 3.75. The number of fused-ring (bicyclic) bond motifs is 1. The summed E-state index contributed by atoms with van der Waals surface area (Å²) < 4.78 is 0. The maximum absolute atomic E-state index is 12.9. The van der Waals surface area contributed by atoms with E-state index in [1.54, 1.807) is 11.3 Å². The first-order chi connectivity index (χ1) is 9.54. The molecule has 1 atom stereocenters. The number of nitrogens with zero attached hydrogens (tertiary/aromatic N) is 1. The van der Waals surface area contributed by atoms with Gasteiger partial charge in [-0.15, -0.1) is 11.3 Å². The van der Waals surface area contributed by atoms with E-state index in [0.717, 1.165) is 16.1 Å². The lowest BCUT2D eigenvalue weighted by Crippen LogP contribution is -2.58. The monoisotopic (exact) mass is 286 g/mol. The molecule has 2 heterocycles. The first-order valence-corrected chi connectivity index (χ1v) is 7.67. The number of hydrogen-bond donors (Lipinski definition) is 1. The van der Waals surface area contributed by atoms with Gasteiger partial charge in [0.05, 0.1) is 10.4 Å². The Morgan fingerprint density at radius 1 is 1.20 bits per heavy atom. The van der Waals surface area contributed by atoms with Crippen molar-refractivity contribution in [3.8, 4) is 0 Å². The molecule has 0 fully saturated rings. The maximum Gasteiger partial charge on any atom is 0.258 e. The highest BCUT2D eigenvalue weighted by Crippen LogP contribution is 2.40. The molecule has 1 aliphatic rings. The van der Waals surface area contributed by atoms with E-state index in [9.17, 15) is 4.79 Å². The first-order valence-electron chi connectivity index (χ1n) is 6.79. The van der Waals surface area contributed by atoms with Gasteiger partial charge in [-0.3, -0.25) is 4.79 Å². The minimum atomic E-state index is -0.492. The van der Waals surface area contributed by atoms with E-state index in [0.29, 0.717) is 0 Å². The van der Waals surface area contributed by atoms with Gasteiger partial charge >= 0.3 is 0 Å². The number of carbonyl (C=O) groups is 1. The van der Waals surface area contributed by atoms with Crippen molar-refractivity contribution in [1.29, 1.82) is 0 Å². The number of anilines is 1. The molecule has 0 bridgehead atoms. The molecule has 2 aromatic rings. The zero-order chi connectivity index (χ0) is 14.3. The fourth-order valence-corrected chi connectivity index (χ4v) is 3.76. The van der Waals surface area contributed by atoms with Crippen LogP contribution in [0.15, 0.2) is 41.8 Å². The number of hydrogen-bond acceptors (Lipinski definition) is 3. The van der Waals surface area contributed by atoms with Crippen LogP contribution in [0.3, 0.4) is 0 Å². The number of amides is 1. The van der Waals surface area contributed by atoms with E-state index in [2.05, 4.69) is 32.2 Å². The molecular weight excluding hydrogens is 268 g/mol. The van der Waals surface area contributed by atoms with Gasteiger partial charge in [0.2, 0.25) is 0 Å². The molecule has 1 amide bonds. The lowest BCUT2D eigenvalue weighted by Gasteiger charge is -2.48. The molecule has 1 aromatic heterocycles. The molecule has 20 heavy (non-hydrogen) atoms. The van der Waals surface area contributed by atoms with Crippen molar-refractivity contribution < 1.29 is 4.79 Å². The Kier molecular flexibility index (Phi) is 3.05. The first kappa shape index (κ1) is 13.2. The maximum atomic E-state index is 12.9. The molecule has 0 spiro atoms. The predicted octanol–water partition coefficient (Wildman–Crippen LogP) is 3.90. The SMILES string of the molecule is CC(C)N1C(=O)c2ccccc2NC1(C)c1cccs1. The zero-order valence-corrected chi connectivity index (χ0v) is 12.7. The summed E-state index contributed by atoms with van der Waals surface area (Å²) in [5.74, 6) is 0.0882. The Balaban J connectivity index is 2.18. The van der Waals surface area contributed by atoms with Gasteiger partial charge in [0.1, 0.15) is 5.66 Å². The molecule has 1 aliphatic heterocycles. The minimum Gasteiger partial charge on any atom is -0.358 e. The summed E-state index contributed by atoms with van der Waals surface area (Å²) in [6.45, 7) is 6.19. The third kappa shape index (κ3) is 1.83. The van der Waals surface area contributed by atoms with Gasteiger partial charge in [0, 0.05) is 11.7 Å². The van der Waals surface area contributed by atoms with Gasteiger partial charge in [-0.1, -0.05) is 18.2 Å². The normalized spacial score (nSPS) is 21.8. The highest BCUT2D eigenvalue weighted by Gasteiger charge is 2.44. The van der Waals surface area contributed by atoms with Crippen molar-refractivity contribution in [2.75, 3.05) is 5.32 Å². The zero-order valence-electron chi connectivity index (χ0n) is 11.9. The molecule has 0 saturated carbocycles. The molecular formula is C16H18N2OS. The summed E-state index contributed by atoms with van der Waals surface area (Å²) in [5.41, 5.74) is 1.16. The van der Waals surface area contributed by atoms with Crippen LogP contribution in [-0.2, 0) is 5.66 Å². The highest BCUT2D eigenvalue weighted by molar-refractivity contribution is 7.10. The minimum absolute atomic E-state index is 0.0882. The van der Waals surface area contributed by atoms with Crippen LogP contribution in [0.2, 0.25) is 0 Å². The Hall–Kier alpha value is -1.81. The second kappa shape index (κ2) is 4.63. The van der Waals surface area contributed by atoms with Crippen molar-refractivity contribution in [3.63, 3.8) is 0 Å². The van der Waals surface area contributed by atoms with E-state index in [-0.39, 0.29) is 11.9 Å². The largest absolute Gasteiger partial charge is 0.358 e. The van der Waals surface area contributed by atoms with Crippen molar-refractivity contribution in [1.82, 2.24) is 4.90 Å². The van der Waals surface area contributed by atoms with E-state index in [1.165, 1.54) is 0 Å². The summed E-state index contributed by atoms with van der Waals surface area (Å²) in [7, 11) is 0. The predicted molar refractivity (Wildman–Crippen MR) is 83.0 cm³/mol. The van der Waals surface area contributed by atoms with Crippen LogP contribution in [-0.4, -0.2) is 16.8 Å². The van der Waals surface area contributed by atoms with E-state index in [1.807, 2.05) is 40.6 Å². The van der Waals surface area contributed by atoms with Gasteiger partial charge in [-0.2, -0.15) is 0 Å². The third-order valence-corrected chi connectivity index (χ3v) is 4.83. The lowest BCUT2D eigenvalue weighted by atomic mass is 9.97. The Labute approximate surface area is 123 Å². The summed E-state index contributed by atoms with van der Waals surface area (Å²) in [5, 5.41) is 5.60. The van der Waals surface area contributed by atoms with Gasteiger partial charge in [0.15, 0.2) is 0 Å². The summed E-state index contributed by atoms with van der Waals surface area (Å²) >= 11 is 1.67. The molecule has 104 valence electrons.